The van der Waals surface area contributed by atoms with Crippen LogP contribution < -0.4 is 10.1 Å². The summed E-state index contributed by atoms with van der Waals surface area (Å²) in [6, 6.07) is 1.43. The summed E-state index contributed by atoms with van der Waals surface area (Å²) in [5.74, 6) is -0.481. The lowest BCUT2D eigenvalue weighted by atomic mass is 10.00. The first-order valence-electron chi connectivity index (χ1n) is 6.38. The van der Waals surface area contributed by atoms with Gasteiger partial charge in [-0.1, -0.05) is 11.6 Å². The largest absolute Gasteiger partial charge is 0.507 e. The molecule has 2 rings (SSSR count). The predicted octanol–water partition coefficient (Wildman–Crippen LogP) is 2.07. The zero-order chi connectivity index (χ0) is 14.9. The number of allylic oxidation sites excluding steroid dienone is 2. The van der Waals surface area contributed by atoms with Gasteiger partial charge >= 0.3 is 5.97 Å². The molecule has 1 aliphatic rings. The molecule has 0 aliphatic carbocycles. The maximum Gasteiger partial charge on any atom is 0.308 e. The van der Waals surface area contributed by atoms with E-state index in [1.54, 1.807) is 0 Å². The fraction of sp³-hybridized carbons (Fsp3) is 0.333. The summed E-state index contributed by atoms with van der Waals surface area (Å²) in [6.45, 7) is 5.49. The number of rotatable bonds is 3. The van der Waals surface area contributed by atoms with E-state index in [2.05, 4.69) is 5.32 Å². The Labute approximate surface area is 117 Å². The van der Waals surface area contributed by atoms with Gasteiger partial charge in [0.15, 0.2) is 0 Å². The average Bonchev–Trinajstić information content (AvgIpc) is 2.69. The predicted molar refractivity (Wildman–Crippen MR) is 73.7 cm³/mol. The van der Waals surface area contributed by atoms with Crippen molar-refractivity contribution in [3.05, 3.63) is 34.4 Å². The number of aromatic hydroxyl groups is 1. The zero-order valence-electron chi connectivity index (χ0n) is 11.7. The summed E-state index contributed by atoms with van der Waals surface area (Å²) in [6.07, 6.45) is 2.37. The molecular formula is C15H17NO4. The van der Waals surface area contributed by atoms with E-state index in [4.69, 9.17) is 4.74 Å². The molecule has 1 aliphatic heterocycles. The molecule has 0 atom stereocenters. The summed E-state index contributed by atoms with van der Waals surface area (Å²) >= 11 is 0. The first kappa shape index (κ1) is 14.1. The fourth-order valence-corrected chi connectivity index (χ4v) is 2.14. The van der Waals surface area contributed by atoms with Crippen molar-refractivity contribution in [2.45, 2.75) is 33.7 Å². The minimum atomic E-state index is -0.476. The van der Waals surface area contributed by atoms with Crippen molar-refractivity contribution in [2.75, 3.05) is 0 Å². The molecule has 20 heavy (non-hydrogen) atoms. The van der Waals surface area contributed by atoms with Gasteiger partial charge in [0.05, 0.1) is 5.56 Å². The molecule has 106 valence electrons. The Hall–Kier alpha value is -2.30. The number of ether oxygens (including phenoxy) is 1. The Bertz CT molecular complexity index is 613. The van der Waals surface area contributed by atoms with Crippen LogP contribution in [-0.2, 0) is 17.8 Å². The average molecular weight is 275 g/mol. The molecule has 5 nitrogen and oxygen atoms in total. The van der Waals surface area contributed by atoms with Crippen molar-refractivity contribution in [3.8, 4) is 11.5 Å². The molecule has 0 saturated carbocycles. The van der Waals surface area contributed by atoms with Gasteiger partial charge in [0.1, 0.15) is 11.5 Å². The third-order valence-corrected chi connectivity index (χ3v) is 3.09. The van der Waals surface area contributed by atoms with Gasteiger partial charge in [-0.25, -0.2) is 0 Å². The lowest BCUT2D eigenvalue weighted by Crippen LogP contribution is -2.12. The summed E-state index contributed by atoms with van der Waals surface area (Å²) in [7, 11) is 0. The second kappa shape index (κ2) is 5.36. The van der Waals surface area contributed by atoms with Gasteiger partial charge in [0, 0.05) is 24.6 Å². The fourth-order valence-electron chi connectivity index (χ4n) is 2.14. The van der Waals surface area contributed by atoms with E-state index in [-0.39, 0.29) is 11.7 Å². The number of hydrogen-bond donors (Lipinski definition) is 2. The Kier molecular flexibility index (Phi) is 3.79. The normalized spacial score (nSPS) is 12.7. The molecule has 1 aromatic carbocycles. The van der Waals surface area contributed by atoms with E-state index in [0.29, 0.717) is 35.4 Å². The van der Waals surface area contributed by atoms with Crippen LogP contribution in [0, 0.1) is 0 Å². The van der Waals surface area contributed by atoms with E-state index >= 15 is 0 Å². The van der Waals surface area contributed by atoms with Gasteiger partial charge in [-0.15, -0.1) is 0 Å². The van der Waals surface area contributed by atoms with Crippen LogP contribution in [0.3, 0.4) is 0 Å². The monoisotopic (exact) mass is 275 g/mol. The highest BCUT2D eigenvalue weighted by molar-refractivity contribution is 6.00. The quantitative estimate of drug-likeness (QED) is 0.503. The maximum absolute atomic E-state index is 11.7. The molecule has 0 aromatic heterocycles. The maximum atomic E-state index is 11.7. The molecule has 0 saturated heterocycles. The molecule has 0 bridgehead atoms. The topological polar surface area (TPSA) is 75.6 Å². The number of benzene rings is 1. The Balaban J connectivity index is 2.57. The minimum absolute atomic E-state index is 0.0328. The number of carbonyl (C=O) groups is 2. The molecule has 2 N–H and O–H groups in total. The van der Waals surface area contributed by atoms with Gasteiger partial charge in [-0.05, 0) is 26.3 Å². The van der Waals surface area contributed by atoms with Crippen LogP contribution in [0.5, 0.6) is 11.5 Å². The van der Waals surface area contributed by atoms with Gasteiger partial charge in [-0.3, -0.25) is 9.59 Å². The van der Waals surface area contributed by atoms with Crippen LogP contribution in [-0.4, -0.2) is 17.0 Å². The molecular weight excluding hydrogens is 258 g/mol. The third-order valence-electron chi connectivity index (χ3n) is 3.09. The second-order valence-corrected chi connectivity index (χ2v) is 4.99. The number of carbonyl (C=O) groups excluding carboxylic acids is 2. The molecule has 0 radical (unpaired) electrons. The van der Waals surface area contributed by atoms with Crippen LogP contribution >= 0.6 is 0 Å². The van der Waals surface area contributed by atoms with E-state index in [9.17, 15) is 14.7 Å². The summed E-state index contributed by atoms with van der Waals surface area (Å²) in [4.78, 5) is 22.9. The van der Waals surface area contributed by atoms with Gasteiger partial charge in [0.25, 0.3) is 5.91 Å². The van der Waals surface area contributed by atoms with Crippen LogP contribution in [0.25, 0.3) is 0 Å². The number of nitrogens with one attached hydrogen (secondary N) is 1. The molecule has 5 heteroatoms. The highest BCUT2D eigenvalue weighted by Crippen LogP contribution is 2.37. The van der Waals surface area contributed by atoms with E-state index < -0.39 is 5.97 Å². The van der Waals surface area contributed by atoms with E-state index in [0.717, 1.165) is 5.57 Å². The SMILES string of the molecule is CC(=O)Oc1c(CC=C(C)C)c(O)cc2c1CNC2=O. The van der Waals surface area contributed by atoms with Crippen LogP contribution in [0.15, 0.2) is 17.7 Å². The molecule has 1 heterocycles. The molecule has 0 spiro atoms. The molecule has 0 unspecified atom stereocenters. The minimum Gasteiger partial charge on any atom is -0.507 e. The van der Waals surface area contributed by atoms with Crippen molar-refractivity contribution in [1.82, 2.24) is 5.32 Å². The van der Waals surface area contributed by atoms with E-state index in [1.165, 1.54) is 13.0 Å². The van der Waals surface area contributed by atoms with Crippen molar-refractivity contribution in [1.29, 1.82) is 0 Å². The third kappa shape index (κ3) is 2.66. The molecule has 1 aromatic rings. The standard InChI is InChI=1S/C15H17NO4/c1-8(2)4-5-10-13(18)6-11-12(7-16-15(11)19)14(10)20-9(3)17/h4,6,18H,5,7H2,1-3H3,(H,16,19). The summed E-state index contributed by atoms with van der Waals surface area (Å²) in [5, 5.41) is 12.8. The van der Waals surface area contributed by atoms with Crippen LogP contribution in [0.4, 0.5) is 0 Å². The molecule has 0 fully saturated rings. The summed E-state index contributed by atoms with van der Waals surface area (Å²) in [5.41, 5.74) is 2.60. The number of phenols is 1. The summed E-state index contributed by atoms with van der Waals surface area (Å²) < 4.78 is 5.23. The number of amides is 1. The number of fused-ring (bicyclic) bond motifs is 1. The zero-order valence-corrected chi connectivity index (χ0v) is 11.7. The van der Waals surface area contributed by atoms with E-state index in [1.807, 2.05) is 19.9 Å². The highest BCUT2D eigenvalue weighted by Gasteiger charge is 2.27. The lowest BCUT2D eigenvalue weighted by molar-refractivity contribution is -0.132. The smallest absolute Gasteiger partial charge is 0.308 e. The van der Waals surface area contributed by atoms with Crippen LogP contribution in [0.1, 0.15) is 42.3 Å². The number of esters is 1. The van der Waals surface area contributed by atoms with Gasteiger partial charge < -0.3 is 15.2 Å². The van der Waals surface area contributed by atoms with Crippen molar-refractivity contribution >= 4 is 11.9 Å². The lowest BCUT2D eigenvalue weighted by Gasteiger charge is -2.13. The van der Waals surface area contributed by atoms with Crippen molar-refractivity contribution in [2.24, 2.45) is 0 Å². The van der Waals surface area contributed by atoms with Gasteiger partial charge in [-0.2, -0.15) is 0 Å². The van der Waals surface area contributed by atoms with Crippen molar-refractivity contribution in [3.63, 3.8) is 0 Å². The first-order chi connectivity index (χ1) is 9.40. The first-order valence-corrected chi connectivity index (χ1v) is 6.38. The molecule has 1 amide bonds. The Morgan fingerprint density at radius 1 is 1.45 bits per heavy atom. The number of phenolic OH excluding ortho intramolecular Hbond substituents is 1. The second-order valence-electron chi connectivity index (χ2n) is 4.99. The number of hydrogen-bond acceptors (Lipinski definition) is 4. The Morgan fingerprint density at radius 2 is 2.15 bits per heavy atom. The highest BCUT2D eigenvalue weighted by atomic mass is 16.5. The van der Waals surface area contributed by atoms with Crippen LogP contribution in [0.2, 0.25) is 0 Å². The van der Waals surface area contributed by atoms with Gasteiger partial charge in [0.2, 0.25) is 0 Å². The Morgan fingerprint density at radius 3 is 2.75 bits per heavy atom. The van der Waals surface area contributed by atoms with Crippen molar-refractivity contribution < 1.29 is 19.4 Å².